The minimum absolute atomic E-state index is 0.0184. The number of benzene rings is 1. The van der Waals surface area contributed by atoms with Crippen molar-refractivity contribution in [2.75, 3.05) is 13.1 Å². The van der Waals surface area contributed by atoms with E-state index in [2.05, 4.69) is 0 Å². The molecule has 4 heterocycles. The molecule has 1 aromatic carbocycles. The molecule has 28 heavy (non-hydrogen) atoms. The number of hydrogen-bond donors (Lipinski definition) is 0. The van der Waals surface area contributed by atoms with E-state index in [4.69, 9.17) is 4.42 Å². The van der Waals surface area contributed by atoms with Gasteiger partial charge in [-0.05, 0) is 31.4 Å². The first-order valence-corrected chi connectivity index (χ1v) is 9.75. The van der Waals surface area contributed by atoms with Crippen molar-refractivity contribution in [1.29, 1.82) is 0 Å². The van der Waals surface area contributed by atoms with Gasteiger partial charge in [0, 0.05) is 42.9 Å². The smallest absolute Gasteiger partial charge is 0.257 e. The van der Waals surface area contributed by atoms with Crippen molar-refractivity contribution < 1.29 is 9.21 Å². The van der Waals surface area contributed by atoms with Crippen LogP contribution >= 0.6 is 0 Å². The largest absolute Gasteiger partial charge is 0.461 e. The molecule has 0 N–H and O–H groups in total. The number of fused-ring (bicyclic) bond motifs is 4. The first-order chi connectivity index (χ1) is 13.6. The van der Waals surface area contributed by atoms with Crippen LogP contribution in [0.25, 0.3) is 11.3 Å². The third-order valence-corrected chi connectivity index (χ3v) is 5.97. The van der Waals surface area contributed by atoms with Crippen LogP contribution in [0.1, 0.15) is 34.2 Å². The van der Waals surface area contributed by atoms with Gasteiger partial charge in [0.2, 0.25) is 0 Å². The lowest BCUT2D eigenvalue weighted by Gasteiger charge is -2.42. The highest BCUT2D eigenvalue weighted by Gasteiger charge is 2.37. The van der Waals surface area contributed by atoms with Gasteiger partial charge >= 0.3 is 0 Å². The highest BCUT2D eigenvalue weighted by molar-refractivity contribution is 5.96. The molecule has 1 fully saturated rings. The Balaban J connectivity index is 1.43. The molecule has 2 aliphatic rings. The van der Waals surface area contributed by atoms with Gasteiger partial charge in [-0.25, -0.2) is 0 Å². The van der Waals surface area contributed by atoms with Gasteiger partial charge in [-0.2, -0.15) is 0 Å². The summed E-state index contributed by atoms with van der Waals surface area (Å²) in [6, 6.07) is 17.2. The Kier molecular flexibility index (Phi) is 3.97. The molecule has 0 aliphatic carbocycles. The number of likely N-dealkylation sites (tertiary alicyclic amines) is 1. The number of furan rings is 1. The summed E-state index contributed by atoms with van der Waals surface area (Å²) in [7, 11) is 0. The number of amides is 1. The second kappa shape index (κ2) is 6.51. The summed E-state index contributed by atoms with van der Waals surface area (Å²) in [5.41, 5.74) is 2.71. The average molecular weight is 374 g/mol. The monoisotopic (exact) mass is 374 g/mol. The van der Waals surface area contributed by atoms with E-state index in [0.29, 0.717) is 36.9 Å². The van der Waals surface area contributed by atoms with Crippen LogP contribution in [0.2, 0.25) is 0 Å². The summed E-state index contributed by atoms with van der Waals surface area (Å²) in [6.45, 7) is 3.86. The van der Waals surface area contributed by atoms with Gasteiger partial charge in [0.05, 0.1) is 5.56 Å². The highest BCUT2D eigenvalue weighted by atomic mass is 16.3. The molecule has 0 saturated carbocycles. The second-order valence-corrected chi connectivity index (χ2v) is 7.85. The van der Waals surface area contributed by atoms with Crippen LogP contribution < -0.4 is 5.56 Å². The molecule has 142 valence electrons. The molecule has 3 aromatic rings. The van der Waals surface area contributed by atoms with E-state index in [9.17, 15) is 9.59 Å². The number of hydrogen-bond acceptors (Lipinski definition) is 3. The Morgan fingerprint density at radius 2 is 1.86 bits per heavy atom. The second-order valence-electron chi connectivity index (χ2n) is 7.85. The molecule has 1 saturated heterocycles. The molecule has 2 atom stereocenters. The number of aryl methyl sites for hydroxylation is 1. The summed E-state index contributed by atoms with van der Waals surface area (Å²) < 4.78 is 7.77. The summed E-state index contributed by atoms with van der Waals surface area (Å²) in [5, 5.41) is 0. The van der Waals surface area contributed by atoms with Crippen molar-refractivity contribution in [3.63, 3.8) is 0 Å². The number of carbonyl (C=O) groups is 1. The number of nitrogens with zero attached hydrogens (tertiary/aromatic N) is 2. The number of carbonyl (C=O) groups excluding carboxylic acids is 1. The van der Waals surface area contributed by atoms with E-state index >= 15 is 0 Å². The van der Waals surface area contributed by atoms with Crippen molar-refractivity contribution in [2.45, 2.75) is 25.8 Å². The van der Waals surface area contributed by atoms with Crippen LogP contribution in [-0.4, -0.2) is 28.5 Å². The zero-order chi connectivity index (χ0) is 19.3. The van der Waals surface area contributed by atoms with Crippen LogP contribution in [0.4, 0.5) is 0 Å². The molecule has 0 spiro atoms. The third kappa shape index (κ3) is 2.78. The molecule has 2 aliphatic heterocycles. The van der Waals surface area contributed by atoms with Gasteiger partial charge in [0.25, 0.3) is 11.5 Å². The average Bonchev–Trinajstić information content (AvgIpc) is 3.10. The normalized spacial score (nSPS) is 20.7. The fourth-order valence-corrected chi connectivity index (χ4v) is 4.67. The zero-order valence-corrected chi connectivity index (χ0v) is 15.8. The summed E-state index contributed by atoms with van der Waals surface area (Å²) in [4.78, 5) is 27.4. The molecule has 0 radical (unpaired) electrons. The molecule has 5 heteroatoms. The standard InChI is InChI=1S/C23H22N2O3/c1-15-19(11-21(28-15)17-6-3-2-4-7-17)23(27)24-12-16-10-18(14-24)20-8-5-9-22(26)25(20)13-16/h2-9,11,16,18H,10,12-14H2,1H3/t16-,18+/m0/s1. The maximum absolute atomic E-state index is 13.3. The zero-order valence-electron chi connectivity index (χ0n) is 15.8. The Bertz CT molecular complexity index is 1100. The molecule has 2 bridgehead atoms. The predicted octanol–water partition coefficient (Wildman–Crippen LogP) is 3.68. The molecule has 1 amide bonds. The Morgan fingerprint density at radius 3 is 2.68 bits per heavy atom. The first kappa shape index (κ1) is 17.0. The first-order valence-electron chi connectivity index (χ1n) is 9.75. The van der Waals surface area contributed by atoms with Gasteiger partial charge in [0.1, 0.15) is 11.5 Å². The van der Waals surface area contributed by atoms with E-state index in [-0.39, 0.29) is 17.4 Å². The Labute approximate surface area is 163 Å². The van der Waals surface area contributed by atoms with Gasteiger partial charge in [-0.3, -0.25) is 9.59 Å². The molecular weight excluding hydrogens is 352 g/mol. The van der Waals surface area contributed by atoms with Crippen LogP contribution in [0.3, 0.4) is 0 Å². The van der Waals surface area contributed by atoms with E-state index < -0.39 is 0 Å². The third-order valence-electron chi connectivity index (χ3n) is 5.97. The minimum Gasteiger partial charge on any atom is -0.461 e. The summed E-state index contributed by atoms with van der Waals surface area (Å²) in [5.74, 6) is 1.92. The summed E-state index contributed by atoms with van der Waals surface area (Å²) >= 11 is 0. The molecule has 5 rings (SSSR count). The van der Waals surface area contributed by atoms with Crippen molar-refractivity contribution >= 4 is 5.91 Å². The van der Waals surface area contributed by atoms with Crippen molar-refractivity contribution in [3.05, 3.63) is 82.0 Å². The Morgan fingerprint density at radius 1 is 1.04 bits per heavy atom. The fourth-order valence-electron chi connectivity index (χ4n) is 4.67. The number of rotatable bonds is 2. The lowest BCUT2D eigenvalue weighted by Crippen LogP contribution is -2.49. The van der Waals surface area contributed by atoms with Gasteiger partial charge in [-0.15, -0.1) is 0 Å². The number of piperidine rings is 1. The summed E-state index contributed by atoms with van der Waals surface area (Å²) in [6.07, 6.45) is 1.03. The van der Waals surface area contributed by atoms with Gasteiger partial charge < -0.3 is 13.9 Å². The van der Waals surface area contributed by atoms with E-state index in [1.165, 1.54) is 0 Å². The van der Waals surface area contributed by atoms with Crippen molar-refractivity contribution in [3.8, 4) is 11.3 Å². The van der Waals surface area contributed by atoms with Crippen LogP contribution in [0.15, 0.2) is 63.8 Å². The number of aromatic nitrogens is 1. The van der Waals surface area contributed by atoms with E-state index in [1.807, 2.05) is 64.9 Å². The van der Waals surface area contributed by atoms with E-state index in [1.54, 1.807) is 6.07 Å². The maximum Gasteiger partial charge on any atom is 0.257 e. The molecule has 5 nitrogen and oxygen atoms in total. The fraction of sp³-hybridized carbons (Fsp3) is 0.304. The van der Waals surface area contributed by atoms with Crippen molar-refractivity contribution in [2.24, 2.45) is 5.92 Å². The lowest BCUT2D eigenvalue weighted by atomic mass is 9.83. The number of pyridine rings is 1. The SMILES string of the molecule is Cc1oc(-c2ccccc2)cc1C(=O)N1C[C@@H]2C[C@H](C1)c1cccc(=O)n1C2. The van der Waals surface area contributed by atoms with Gasteiger partial charge in [0.15, 0.2) is 0 Å². The van der Waals surface area contributed by atoms with Crippen LogP contribution in [0.5, 0.6) is 0 Å². The maximum atomic E-state index is 13.3. The predicted molar refractivity (Wildman–Crippen MR) is 106 cm³/mol. The quantitative estimate of drug-likeness (QED) is 0.688. The van der Waals surface area contributed by atoms with Gasteiger partial charge in [-0.1, -0.05) is 36.4 Å². The Hall–Kier alpha value is -3.08. The molecular formula is C23H22N2O3. The van der Waals surface area contributed by atoms with Crippen LogP contribution in [0, 0.1) is 12.8 Å². The highest BCUT2D eigenvalue weighted by Crippen LogP contribution is 2.36. The topological polar surface area (TPSA) is 55.5 Å². The minimum atomic E-state index is 0.0184. The van der Waals surface area contributed by atoms with Crippen molar-refractivity contribution in [1.82, 2.24) is 9.47 Å². The lowest BCUT2D eigenvalue weighted by molar-refractivity contribution is 0.0593. The van der Waals surface area contributed by atoms with E-state index in [0.717, 1.165) is 23.4 Å². The molecule has 0 unspecified atom stereocenters. The molecule has 2 aromatic heterocycles. The van der Waals surface area contributed by atoms with Crippen LogP contribution in [-0.2, 0) is 6.54 Å².